The molecule has 172 valence electrons. The average molecular weight is 475 g/mol. The number of anilines is 2. The van der Waals surface area contributed by atoms with Crippen LogP contribution in [0.3, 0.4) is 0 Å². The van der Waals surface area contributed by atoms with E-state index < -0.39 is 17.8 Å². The molecule has 1 aliphatic heterocycles. The Labute approximate surface area is 201 Å². The summed E-state index contributed by atoms with van der Waals surface area (Å²) < 4.78 is 10.4. The van der Waals surface area contributed by atoms with Gasteiger partial charge in [0.1, 0.15) is 17.1 Å². The van der Waals surface area contributed by atoms with Crippen molar-refractivity contribution >= 4 is 47.1 Å². The van der Waals surface area contributed by atoms with Crippen molar-refractivity contribution < 1.29 is 23.9 Å². The number of carbonyl (C=O) groups is 3. The predicted octanol–water partition coefficient (Wildman–Crippen LogP) is 5.01. The van der Waals surface area contributed by atoms with Gasteiger partial charge in [-0.2, -0.15) is 0 Å². The van der Waals surface area contributed by atoms with Gasteiger partial charge in [-0.25, -0.2) is 14.6 Å². The molecule has 3 aromatic rings. The van der Waals surface area contributed by atoms with Gasteiger partial charge in [0.2, 0.25) is 0 Å². The molecule has 7 nitrogen and oxygen atoms in total. The minimum Gasteiger partial charge on any atom is -0.497 e. The van der Waals surface area contributed by atoms with Crippen LogP contribution in [0.25, 0.3) is 6.08 Å². The second-order valence-corrected chi connectivity index (χ2v) is 8.17. The maximum Gasteiger partial charge on any atom is 0.343 e. The fourth-order valence-electron chi connectivity index (χ4n) is 3.51. The zero-order valence-corrected chi connectivity index (χ0v) is 19.7. The molecule has 0 unspecified atom stereocenters. The monoisotopic (exact) mass is 474 g/mol. The molecular formula is C26H22N2O5S. The summed E-state index contributed by atoms with van der Waals surface area (Å²) in [6.45, 7) is 0. The lowest BCUT2D eigenvalue weighted by Gasteiger charge is -2.34. The number of amides is 4. The van der Waals surface area contributed by atoms with Crippen LogP contribution in [-0.2, 0) is 9.59 Å². The van der Waals surface area contributed by atoms with Crippen molar-refractivity contribution in [1.29, 1.82) is 0 Å². The van der Waals surface area contributed by atoms with Crippen LogP contribution in [0.4, 0.5) is 16.2 Å². The van der Waals surface area contributed by atoms with E-state index in [1.165, 1.54) is 20.3 Å². The van der Waals surface area contributed by atoms with Crippen LogP contribution in [0.1, 0.15) is 5.56 Å². The van der Waals surface area contributed by atoms with E-state index >= 15 is 0 Å². The molecule has 1 saturated heterocycles. The molecule has 0 radical (unpaired) electrons. The van der Waals surface area contributed by atoms with Gasteiger partial charge < -0.3 is 9.47 Å². The van der Waals surface area contributed by atoms with Gasteiger partial charge in [-0.15, -0.1) is 11.8 Å². The molecule has 34 heavy (non-hydrogen) atoms. The minimum absolute atomic E-state index is 0.122. The van der Waals surface area contributed by atoms with Crippen molar-refractivity contribution in [2.24, 2.45) is 0 Å². The average Bonchev–Trinajstić information content (AvgIpc) is 2.88. The molecule has 0 bridgehead atoms. The number of barbiturate groups is 1. The molecule has 1 aliphatic rings. The Morgan fingerprint density at radius 1 is 0.676 bits per heavy atom. The molecule has 0 spiro atoms. The maximum absolute atomic E-state index is 13.5. The van der Waals surface area contributed by atoms with Crippen molar-refractivity contribution in [3.05, 3.63) is 83.9 Å². The van der Waals surface area contributed by atoms with Crippen molar-refractivity contribution in [3.8, 4) is 11.5 Å². The van der Waals surface area contributed by atoms with Crippen LogP contribution in [0.5, 0.6) is 11.5 Å². The molecule has 4 amide bonds. The molecule has 0 aliphatic carbocycles. The first kappa shape index (κ1) is 23.1. The Morgan fingerprint density at radius 3 is 1.50 bits per heavy atom. The van der Waals surface area contributed by atoms with E-state index in [1.54, 1.807) is 60.3 Å². The number of ether oxygens (including phenoxy) is 2. The number of nitrogens with zero attached hydrogens (tertiary/aromatic N) is 2. The first-order chi connectivity index (χ1) is 16.5. The van der Waals surface area contributed by atoms with Crippen LogP contribution in [0.15, 0.2) is 83.3 Å². The summed E-state index contributed by atoms with van der Waals surface area (Å²) in [7, 11) is 3.05. The molecule has 0 saturated carbocycles. The van der Waals surface area contributed by atoms with Gasteiger partial charge in [0.25, 0.3) is 11.8 Å². The molecule has 0 aromatic heterocycles. The van der Waals surface area contributed by atoms with Crippen molar-refractivity contribution in [1.82, 2.24) is 0 Å². The van der Waals surface area contributed by atoms with Gasteiger partial charge in [-0.1, -0.05) is 12.1 Å². The van der Waals surface area contributed by atoms with Gasteiger partial charge >= 0.3 is 6.03 Å². The van der Waals surface area contributed by atoms with Gasteiger partial charge in [-0.3, -0.25) is 9.59 Å². The number of imide groups is 2. The molecule has 4 rings (SSSR count). The van der Waals surface area contributed by atoms with Gasteiger partial charge in [0, 0.05) is 4.90 Å². The highest BCUT2D eigenvalue weighted by Crippen LogP contribution is 2.31. The smallest absolute Gasteiger partial charge is 0.343 e. The van der Waals surface area contributed by atoms with E-state index in [0.717, 1.165) is 14.7 Å². The largest absolute Gasteiger partial charge is 0.497 e. The van der Waals surface area contributed by atoms with Gasteiger partial charge in [0.15, 0.2) is 0 Å². The normalized spacial score (nSPS) is 13.9. The number of hydrogen-bond donors (Lipinski definition) is 0. The SMILES string of the molecule is COc1ccc(N2C(=O)C(=Cc3ccc(SC)cc3)C(=O)N(c3ccc(OC)cc3)C2=O)cc1. The Kier molecular flexibility index (Phi) is 6.70. The second-order valence-electron chi connectivity index (χ2n) is 7.29. The fraction of sp³-hybridized carbons (Fsp3) is 0.115. The van der Waals surface area contributed by atoms with Crippen molar-refractivity contribution in [3.63, 3.8) is 0 Å². The van der Waals surface area contributed by atoms with E-state index in [4.69, 9.17) is 9.47 Å². The molecule has 0 atom stereocenters. The van der Waals surface area contributed by atoms with Crippen LogP contribution in [0, 0.1) is 0 Å². The maximum atomic E-state index is 13.5. The quantitative estimate of drug-likeness (QED) is 0.284. The Bertz CT molecular complexity index is 1180. The molecule has 1 heterocycles. The number of methoxy groups -OCH3 is 2. The van der Waals surface area contributed by atoms with Crippen LogP contribution in [-0.4, -0.2) is 38.3 Å². The second kappa shape index (κ2) is 9.84. The number of hydrogen-bond acceptors (Lipinski definition) is 6. The molecule has 8 heteroatoms. The third kappa shape index (κ3) is 4.40. The molecule has 0 N–H and O–H groups in total. The Hall–Kier alpha value is -4.04. The number of carbonyl (C=O) groups excluding carboxylic acids is 3. The zero-order valence-electron chi connectivity index (χ0n) is 18.8. The molecule has 1 fully saturated rings. The van der Waals surface area contributed by atoms with Crippen molar-refractivity contribution in [2.45, 2.75) is 4.90 Å². The van der Waals surface area contributed by atoms with Crippen molar-refractivity contribution in [2.75, 3.05) is 30.3 Å². The molecule has 3 aromatic carbocycles. The standard InChI is InChI=1S/C26H22N2O5S/c1-32-20-10-6-18(7-11-20)27-24(29)23(16-17-4-14-22(34-3)15-5-17)25(30)28(26(27)31)19-8-12-21(33-2)13-9-19/h4-16H,1-3H3. The lowest BCUT2D eigenvalue weighted by atomic mass is 10.0. The highest BCUT2D eigenvalue weighted by atomic mass is 32.2. The summed E-state index contributed by atoms with van der Waals surface area (Å²) in [4.78, 5) is 43.4. The highest BCUT2D eigenvalue weighted by molar-refractivity contribution is 7.98. The number of thioether (sulfide) groups is 1. The van der Waals surface area contributed by atoms with E-state index in [0.29, 0.717) is 28.4 Å². The first-order valence-corrected chi connectivity index (χ1v) is 11.6. The van der Waals surface area contributed by atoms with E-state index in [9.17, 15) is 14.4 Å². The summed E-state index contributed by atoms with van der Waals surface area (Å²) in [5.41, 5.74) is 1.20. The lowest BCUT2D eigenvalue weighted by Crippen LogP contribution is -2.57. The summed E-state index contributed by atoms with van der Waals surface area (Å²) in [5, 5.41) is 0. The van der Waals surface area contributed by atoms with E-state index in [-0.39, 0.29) is 5.57 Å². The van der Waals surface area contributed by atoms with Crippen LogP contribution in [0.2, 0.25) is 0 Å². The Balaban J connectivity index is 1.82. The number of rotatable bonds is 6. The first-order valence-electron chi connectivity index (χ1n) is 10.3. The topological polar surface area (TPSA) is 76.2 Å². The number of urea groups is 1. The lowest BCUT2D eigenvalue weighted by molar-refractivity contribution is -0.121. The van der Waals surface area contributed by atoms with Gasteiger partial charge in [0.05, 0.1) is 25.6 Å². The van der Waals surface area contributed by atoms with Crippen LogP contribution < -0.4 is 19.3 Å². The van der Waals surface area contributed by atoms with Gasteiger partial charge in [-0.05, 0) is 78.6 Å². The summed E-state index contributed by atoms with van der Waals surface area (Å²) >= 11 is 1.59. The predicted molar refractivity (Wildman–Crippen MR) is 133 cm³/mol. The Morgan fingerprint density at radius 2 is 1.12 bits per heavy atom. The summed E-state index contributed by atoms with van der Waals surface area (Å²) in [6, 6.07) is 19.7. The van der Waals surface area contributed by atoms with Crippen LogP contribution >= 0.6 is 11.8 Å². The summed E-state index contributed by atoms with van der Waals surface area (Å²) in [6.07, 6.45) is 3.47. The zero-order chi connectivity index (χ0) is 24.2. The fourth-order valence-corrected chi connectivity index (χ4v) is 3.92. The third-order valence-corrected chi connectivity index (χ3v) is 6.08. The number of benzene rings is 3. The van der Waals surface area contributed by atoms with E-state index in [1.807, 2.05) is 30.5 Å². The minimum atomic E-state index is -0.764. The molecular weight excluding hydrogens is 452 g/mol. The highest BCUT2D eigenvalue weighted by Gasteiger charge is 2.43. The summed E-state index contributed by atoms with van der Waals surface area (Å²) in [5.74, 6) is -0.237. The third-order valence-electron chi connectivity index (χ3n) is 5.34. The van der Waals surface area contributed by atoms with E-state index in [2.05, 4.69) is 0 Å².